The minimum Gasteiger partial charge on any atom is -0.362 e. The Balaban J connectivity index is 1.76. The SMILES string of the molecule is CCN(CC(=O)Nc1c(C)nn(-c2ccccc2)c1C)c1ccccc1. The number of nitrogens with zero attached hydrogens (tertiary/aromatic N) is 3. The van der Waals surface area contributed by atoms with Crippen LogP contribution in [0, 0.1) is 13.8 Å². The van der Waals surface area contributed by atoms with Crippen molar-refractivity contribution in [3.05, 3.63) is 72.1 Å². The van der Waals surface area contributed by atoms with Crippen molar-refractivity contribution in [2.75, 3.05) is 23.3 Å². The number of carbonyl (C=O) groups excluding carboxylic acids is 1. The zero-order valence-corrected chi connectivity index (χ0v) is 15.4. The van der Waals surface area contributed by atoms with Crippen molar-refractivity contribution < 1.29 is 4.79 Å². The number of anilines is 2. The molecule has 3 aromatic rings. The molecule has 1 N–H and O–H groups in total. The lowest BCUT2D eigenvalue weighted by Gasteiger charge is -2.22. The summed E-state index contributed by atoms with van der Waals surface area (Å²) in [5.74, 6) is -0.0467. The van der Waals surface area contributed by atoms with Crippen LogP contribution in [0.5, 0.6) is 0 Å². The highest BCUT2D eigenvalue weighted by Crippen LogP contribution is 2.23. The average molecular weight is 348 g/mol. The van der Waals surface area contributed by atoms with E-state index in [2.05, 4.69) is 10.4 Å². The lowest BCUT2D eigenvalue weighted by molar-refractivity contribution is -0.115. The zero-order chi connectivity index (χ0) is 18.5. The van der Waals surface area contributed by atoms with E-state index >= 15 is 0 Å². The van der Waals surface area contributed by atoms with Gasteiger partial charge in [0.25, 0.3) is 0 Å². The summed E-state index contributed by atoms with van der Waals surface area (Å²) in [6, 6.07) is 19.9. The number of benzene rings is 2. The molecule has 0 unspecified atom stereocenters. The fourth-order valence-electron chi connectivity index (χ4n) is 3.02. The molecule has 3 rings (SSSR count). The van der Waals surface area contributed by atoms with Crippen LogP contribution in [0.1, 0.15) is 18.3 Å². The minimum absolute atomic E-state index is 0.0467. The maximum Gasteiger partial charge on any atom is 0.243 e. The molecule has 2 aromatic carbocycles. The molecule has 0 radical (unpaired) electrons. The van der Waals surface area contributed by atoms with Crippen molar-refractivity contribution in [3.63, 3.8) is 0 Å². The first kappa shape index (κ1) is 17.7. The lowest BCUT2D eigenvalue weighted by atomic mass is 10.2. The number of aryl methyl sites for hydroxylation is 1. The fourth-order valence-corrected chi connectivity index (χ4v) is 3.02. The topological polar surface area (TPSA) is 50.2 Å². The summed E-state index contributed by atoms with van der Waals surface area (Å²) < 4.78 is 1.86. The van der Waals surface area contributed by atoms with Crippen molar-refractivity contribution in [2.45, 2.75) is 20.8 Å². The summed E-state index contributed by atoms with van der Waals surface area (Å²) in [5, 5.41) is 7.62. The van der Waals surface area contributed by atoms with Gasteiger partial charge in [0, 0.05) is 12.2 Å². The van der Waals surface area contributed by atoms with Gasteiger partial charge in [-0.05, 0) is 45.0 Å². The quantitative estimate of drug-likeness (QED) is 0.734. The second-order valence-electron chi connectivity index (χ2n) is 6.19. The lowest BCUT2D eigenvalue weighted by Crippen LogP contribution is -2.33. The van der Waals surface area contributed by atoms with Crippen molar-refractivity contribution in [1.29, 1.82) is 0 Å². The second kappa shape index (κ2) is 7.87. The Labute approximate surface area is 154 Å². The molecule has 0 aliphatic heterocycles. The Morgan fingerprint density at radius 2 is 1.65 bits per heavy atom. The van der Waals surface area contributed by atoms with Crippen LogP contribution in [0.3, 0.4) is 0 Å². The first-order chi connectivity index (χ1) is 12.6. The smallest absolute Gasteiger partial charge is 0.243 e. The van der Waals surface area contributed by atoms with Crippen LogP contribution in [-0.4, -0.2) is 28.8 Å². The van der Waals surface area contributed by atoms with Crippen LogP contribution in [0.25, 0.3) is 5.69 Å². The number of aromatic nitrogens is 2. The van der Waals surface area contributed by atoms with Crippen LogP contribution < -0.4 is 10.2 Å². The number of nitrogens with one attached hydrogen (secondary N) is 1. The molecule has 1 amide bonds. The van der Waals surface area contributed by atoms with Gasteiger partial charge in [0.2, 0.25) is 5.91 Å². The highest BCUT2D eigenvalue weighted by atomic mass is 16.2. The number of carbonyl (C=O) groups is 1. The maximum absolute atomic E-state index is 12.6. The van der Waals surface area contributed by atoms with Crippen LogP contribution in [0.2, 0.25) is 0 Å². The molecule has 1 aromatic heterocycles. The molecule has 0 aliphatic carbocycles. The van der Waals surface area contributed by atoms with Gasteiger partial charge in [-0.15, -0.1) is 0 Å². The normalized spacial score (nSPS) is 10.6. The summed E-state index contributed by atoms with van der Waals surface area (Å²) in [6.07, 6.45) is 0. The van der Waals surface area contributed by atoms with Crippen LogP contribution in [0.15, 0.2) is 60.7 Å². The monoisotopic (exact) mass is 348 g/mol. The minimum atomic E-state index is -0.0467. The number of likely N-dealkylation sites (N-methyl/N-ethyl adjacent to an activating group) is 1. The summed E-state index contributed by atoms with van der Waals surface area (Å²) in [5.41, 5.74) is 4.53. The summed E-state index contributed by atoms with van der Waals surface area (Å²) >= 11 is 0. The van der Waals surface area contributed by atoms with Gasteiger partial charge >= 0.3 is 0 Å². The number of rotatable bonds is 6. The van der Waals surface area contributed by atoms with Gasteiger partial charge in [0.15, 0.2) is 0 Å². The van der Waals surface area contributed by atoms with Gasteiger partial charge in [-0.1, -0.05) is 36.4 Å². The Kier molecular flexibility index (Phi) is 5.37. The molecule has 0 spiro atoms. The van der Waals surface area contributed by atoms with Crippen molar-refractivity contribution in [2.24, 2.45) is 0 Å². The predicted molar refractivity (Wildman–Crippen MR) is 106 cm³/mol. The molecule has 26 heavy (non-hydrogen) atoms. The third-order valence-corrected chi connectivity index (χ3v) is 4.39. The number of hydrogen-bond acceptors (Lipinski definition) is 3. The number of para-hydroxylation sites is 2. The van der Waals surface area contributed by atoms with E-state index in [1.54, 1.807) is 0 Å². The predicted octanol–water partition coefficient (Wildman–Crippen LogP) is 3.95. The summed E-state index contributed by atoms with van der Waals surface area (Å²) in [6.45, 7) is 6.99. The Hall–Kier alpha value is -3.08. The third kappa shape index (κ3) is 3.77. The van der Waals surface area contributed by atoms with Crippen molar-refractivity contribution in [3.8, 4) is 5.69 Å². The van der Waals surface area contributed by atoms with Gasteiger partial charge in [-0.25, -0.2) is 4.68 Å². The van der Waals surface area contributed by atoms with Gasteiger partial charge in [-0.3, -0.25) is 4.79 Å². The molecule has 0 aliphatic rings. The first-order valence-corrected chi connectivity index (χ1v) is 8.81. The third-order valence-electron chi connectivity index (χ3n) is 4.39. The van der Waals surface area contributed by atoms with Crippen molar-refractivity contribution in [1.82, 2.24) is 9.78 Å². The molecule has 1 heterocycles. The van der Waals surface area contributed by atoms with Crippen LogP contribution >= 0.6 is 0 Å². The van der Waals surface area contributed by atoms with Gasteiger partial charge < -0.3 is 10.2 Å². The molecule has 0 saturated carbocycles. The largest absolute Gasteiger partial charge is 0.362 e. The molecular formula is C21H24N4O. The Bertz CT molecular complexity index is 872. The molecule has 5 nitrogen and oxygen atoms in total. The van der Waals surface area contributed by atoms with Crippen LogP contribution in [-0.2, 0) is 4.79 Å². The van der Waals surface area contributed by atoms with E-state index in [1.807, 2.05) is 91.0 Å². The molecule has 0 atom stereocenters. The first-order valence-electron chi connectivity index (χ1n) is 8.81. The van der Waals surface area contributed by atoms with E-state index in [1.165, 1.54) is 0 Å². The number of amides is 1. The molecule has 0 fully saturated rings. The zero-order valence-electron chi connectivity index (χ0n) is 15.4. The highest BCUT2D eigenvalue weighted by Gasteiger charge is 2.17. The number of hydrogen-bond donors (Lipinski definition) is 1. The Morgan fingerprint density at radius 1 is 1.04 bits per heavy atom. The van der Waals surface area contributed by atoms with Gasteiger partial charge in [0.05, 0.1) is 29.3 Å². The van der Waals surface area contributed by atoms with E-state index in [4.69, 9.17) is 0 Å². The van der Waals surface area contributed by atoms with E-state index in [0.29, 0.717) is 6.54 Å². The van der Waals surface area contributed by atoms with E-state index in [-0.39, 0.29) is 5.91 Å². The molecule has 134 valence electrons. The molecule has 0 saturated heterocycles. The van der Waals surface area contributed by atoms with E-state index in [9.17, 15) is 4.79 Å². The maximum atomic E-state index is 12.6. The fraction of sp³-hybridized carbons (Fsp3) is 0.238. The van der Waals surface area contributed by atoms with E-state index < -0.39 is 0 Å². The standard InChI is InChI=1S/C21H24N4O/c1-4-24(18-11-7-5-8-12-18)15-20(26)22-21-16(2)23-25(17(21)3)19-13-9-6-10-14-19/h5-14H,4,15H2,1-3H3,(H,22,26). The molecule has 5 heteroatoms. The molecular weight excluding hydrogens is 324 g/mol. The van der Waals surface area contributed by atoms with Gasteiger partial charge in [0.1, 0.15) is 0 Å². The van der Waals surface area contributed by atoms with E-state index in [0.717, 1.165) is 35.0 Å². The van der Waals surface area contributed by atoms with Crippen LogP contribution in [0.4, 0.5) is 11.4 Å². The second-order valence-corrected chi connectivity index (χ2v) is 6.19. The van der Waals surface area contributed by atoms with Crippen molar-refractivity contribution >= 4 is 17.3 Å². The average Bonchev–Trinajstić information content (AvgIpc) is 2.95. The Morgan fingerprint density at radius 3 is 2.27 bits per heavy atom. The summed E-state index contributed by atoms with van der Waals surface area (Å²) in [4.78, 5) is 14.7. The summed E-state index contributed by atoms with van der Waals surface area (Å²) in [7, 11) is 0. The van der Waals surface area contributed by atoms with Gasteiger partial charge in [-0.2, -0.15) is 5.10 Å². The molecule has 0 bridgehead atoms. The highest BCUT2D eigenvalue weighted by molar-refractivity contribution is 5.95.